The Hall–Kier alpha value is -3.81. The summed E-state index contributed by atoms with van der Waals surface area (Å²) in [6.07, 6.45) is 4.69. The number of para-hydroxylation sites is 1. The third kappa shape index (κ3) is 3.77. The zero-order chi connectivity index (χ0) is 20.4. The maximum atomic E-state index is 13.8. The summed E-state index contributed by atoms with van der Waals surface area (Å²) in [5, 5.41) is 3.29. The van der Waals surface area contributed by atoms with Gasteiger partial charge in [0.15, 0.2) is 0 Å². The molecule has 29 heavy (non-hydrogen) atoms. The molecule has 1 atom stereocenters. The Bertz CT molecular complexity index is 1250. The lowest BCUT2D eigenvalue weighted by Crippen LogP contribution is -2.36. The van der Waals surface area contributed by atoms with Gasteiger partial charge < -0.3 is 9.88 Å². The molecule has 2 aromatic carbocycles. The van der Waals surface area contributed by atoms with Gasteiger partial charge in [0.2, 0.25) is 5.91 Å². The van der Waals surface area contributed by atoms with E-state index < -0.39 is 17.8 Å². The molecule has 8 heteroatoms. The first kappa shape index (κ1) is 18.5. The first-order chi connectivity index (χ1) is 14.0. The number of nitrogens with zero attached hydrogens (tertiary/aromatic N) is 4. The van der Waals surface area contributed by atoms with E-state index in [-0.39, 0.29) is 12.1 Å². The molecule has 1 N–H and O–H groups in total. The second-order valence-electron chi connectivity index (χ2n) is 6.65. The number of benzene rings is 2. The van der Waals surface area contributed by atoms with Crippen molar-refractivity contribution < 1.29 is 9.18 Å². The number of aromatic nitrogens is 4. The maximum Gasteiger partial charge on any atom is 0.261 e. The molecule has 0 radical (unpaired) electrons. The summed E-state index contributed by atoms with van der Waals surface area (Å²) in [5.74, 6) is -0.278. The fourth-order valence-corrected chi connectivity index (χ4v) is 3.22. The van der Waals surface area contributed by atoms with Crippen molar-refractivity contribution in [2.24, 2.45) is 7.05 Å². The molecule has 0 spiro atoms. The fourth-order valence-electron chi connectivity index (χ4n) is 3.22. The summed E-state index contributed by atoms with van der Waals surface area (Å²) >= 11 is 0. The Balaban J connectivity index is 1.63. The van der Waals surface area contributed by atoms with Crippen LogP contribution < -0.4 is 10.9 Å². The van der Waals surface area contributed by atoms with Gasteiger partial charge in [-0.15, -0.1) is 0 Å². The average molecular weight is 391 g/mol. The molecule has 7 nitrogen and oxygen atoms in total. The Morgan fingerprint density at radius 2 is 2.00 bits per heavy atom. The van der Waals surface area contributed by atoms with Gasteiger partial charge in [0, 0.05) is 19.4 Å². The molecule has 0 unspecified atom stereocenters. The molecule has 0 saturated carbocycles. The van der Waals surface area contributed by atoms with E-state index in [0.29, 0.717) is 22.3 Å². The highest BCUT2D eigenvalue weighted by Crippen LogP contribution is 2.21. The second-order valence-corrected chi connectivity index (χ2v) is 6.65. The molecule has 0 fully saturated rings. The van der Waals surface area contributed by atoms with Crippen LogP contribution in [-0.4, -0.2) is 25.0 Å². The van der Waals surface area contributed by atoms with Crippen LogP contribution in [0.4, 0.5) is 4.39 Å². The van der Waals surface area contributed by atoms with Crippen molar-refractivity contribution in [1.82, 2.24) is 24.4 Å². The molecular weight excluding hydrogens is 373 g/mol. The van der Waals surface area contributed by atoms with E-state index in [1.165, 1.54) is 23.0 Å². The smallest absolute Gasteiger partial charge is 0.261 e. The summed E-state index contributed by atoms with van der Waals surface area (Å²) in [6, 6.07) is 12.3. The van der Waals surface area contributed by atoms with E-state index in [9.17, 15) is 14.0 Å². The number of fused-ring (bicyclic) bond motifs is 1. The number of nitrogens with one attached hydrogen (secondary N) is 1. The van der Waals surface area contributed by atoms with Crippen LogP contribution in [0.3, 0.4) is 0 Å². The van der Waals surface area contributed by atoms with Gasteiger partial charge in [-0.3, -0.25) is 14.2 Å². The van der Waals surface area contributed by atoms with E-state index >= 15 is 0 Å². The van der Waals surface area contributed by atoms with E-state index in [0.717, 1.165) is 0 Å². The average Bonchev–Trinajstić information content (AvgIpc) is 3.14. The van der Waals surface area contributed by atoms with Gasteiger partial charge in [0.1, 0.15) is 24.2 Å². The van der Waals surface area contributed by atoms with Crippen molar-refractivity contribution in [3.05, 3.63) is 94.8 Å². The van der Waals surface area contributed by atoms with Gasteiger partial charge >= 0.3 is 0 Å². The number of halogens is 1. The number of hydrogen-bond acceptors (Lipinski definition) is 4. The molecule has 2 aromatic heterocycles. The number of aryl methyl sites for hydroxylation is 1. The molecular formula is C21H18FN5O2. The van der Waals surface area contributed by atoms with Crippen molar-refractivity contribution in [3.63, 3.8) is 0 Å². The van der Waals surface area contributed by atoms with Gasteiger partial charge in [0.25, 0.3) is 5.56 Å². The Morgan fingerprint density at radius 1 is 1.17 bits per heavy atom. The predicted molar refractivity (Wildman–Crippen MR) is 106 cm³/mol. The molecule has 146 valence electrons. The SMILES string of the molecule is Cn1ccnc1[C@@H](NC(=O)Cn1cnc2ccccc2c1=O)c1cccc(F)c1. The van der Waals surface area contributed by atoms with Gasteiger partial charge in [0.05, 0.1) is 17.2 Å². The van der Waals surface area contributed by atoms with Crippen LogP contribution in [-0.2, 0) is 18.4 Å². The Morgan fingerprint density at radius 3 is 2.76 bits per heavy atom. The number of imidazole rings is 1. The van der Waals surface area contributed by atoms with Gasteiger partial charge in [-0.25, -0.2) is 14.4 Å². The van der Waals surface area contributed by atoms with E-state index in [1.807, 2.05) is 0 Å². The van der Waals surface area contributed by atoms with Gasteiger partial charge in [-0.05, 0) is 29.8 Å². The molecule has 4 aromatic rings. The minimum atomic E-state index is -0.665. The van der Waals surface area contributed by atoms with Crippen LogP contribution in [0.25, 0.3) is 10.9 Å². The lowest BCUT2D eigenvalue weighted by Gasteiger charge is -2.19. The molecule has 0 aliphatic carbocycles. The first-order valence-electron chi connectivity index (χ1n) is 8.99. The van der Waals surface area contributed by atoms with Gasteiger partial charge in [-0.2, -0.15) is 0 Å². The minimum absolute atomic E-state index is 0.215. The van der Waals surface area contributed by atoms with E-state index in [4.69, 9.17) is 0 Å². The third-order valence-corrected chi connectivity index (χ3v) is 4.65. The van der Waals surface area contributed by atoms with Crippen molar-refractivity contribution in [2.45, 2.75) is 12.6 Å². The number of rotatable bonds is 5. The molecule has 0 saturated heterocycles. The quantitative estimate of drug-likeness (QED) is 0.565. The Kier molecular flexibility index (Phi) is 4.90. The van der Waals surface area contributed by atoms with Crippen LogP contribution in [0.1, 0.15) is 17.4 Å². The lowest BCUT2D eigenvalue weighted by molar-refractivity contribution is -0.122. The maximum absolute atomic E-state index is 13.8. The minimum Gasteiger partial charge on any atom is -0.341 e. The zero-order valence-corrected chi connectivity index (χ0v) is 15.6. The van der Waals surface area contributed by atoms with Crippen LogP contribution in [0, 0.1) is 5.82 Å². The normalized spacial score (nSPS) is 12.1. The molecule has 0 bridgehead atoms. The van der Waals surface area contributed by atoms with Crippen molar-refractivity contribution in [1.29, 1.82) is 0 Å². The van der Waals surface area contributed by atoms with Crippen LogP contribution >= 0.6 is 0 Å². The highest BCUT2D eigenvalue weighted by Gasteiger charge is 2.21. The fraction of sp³-hybridized carbons (Fsp3) is 0.143. The number of carbonyl (C=O) groups is 1. The molecule has 0 aliphatic rings. The number of carbonyl (C=O) groups excluding carboxylic acids is 1. The molecule has 0 aliphatic heterocycles. The molecule has 2 heterocycles. The third-order valence-electron chi connectivity index (χ3n) is 4.65. The molecule has 4 rings (SSSR count). The van der Waals surface area contributed by atoms with Crippen molar-refractivity contribution >= 4 is 16.8 Å². The molecule has 1 amide bonds. The number of amides is 1. The summed E-state index contributed by atoms with van der Waals surface area (Å²) < 4.78 is 16.8. The van der Waals surface area contributed by atoms with Crippen LogP contribution in [0.5, 0.6) is 0 Å². The van der Waals surface area contributed by atoms with Crippen molar-refractivity contribution in [3.8, 4) is 0 Å². The zero-order valence-electron chi connectivity index (χ0n) is 15.6. The highest BCUT2D eigenvalue weighted by atomic mass is 19.1. The van der Waals surface area contributed by atoms with Gasteiger partial charge in [-0.1, -0.05) is 24.3 Å². The lowest BCUT2D eigenvalue weighted by atomic mass is 10.1. The Labute approximate surface area is 165 Å². The number of hydrogen-bond donors (Lipinski definition) is 1. The summed E-state index contributed by atoms with van der Waals surface area (Å²) in [5.41, 5.74) is 0.821. The summed E-state index contributed by atoms with van der Waals surface area (Å²) in [6.45, 7) is -0.215. The largest absolute Gasteiger partial charge is 0.341 e. The van der Waals surface area contributed by atoms with E-state index in [1.54, 1.807) is 60.4 Å². The standard InChI is InChI=1S/C21H18FN5O2/c1-26-10-9-23-20(26)19(14-5-4-6-15(22)11-14)25-18(28)12-27-13-24-17-8-3-2-7-16(17)21(27)29/h2-11,13,19H,12H2,1H3,(H,25,28)/t19-/m0/s1. The van der Waals surface area contributed by atoms with E-state index in [2.05, 4.69) is 15.3 Å². The predicted octanol–water partition coefficient (Wildman–Crippen LogP) is 2.17. The first-order valence-corrected chi connectivity index (χ1v) is 8.99. The highest BCUT2D eigenvalue weighted by molar-refractivity contribution is 5.79. The summed E-state index contributed by atoms with van der Waals surface area (Å²) in [4.78, 5) is 33.9. The monoisotopic (exact) mass is 391 g/mol. The second kappa shape index (κ2) is 7.67. The summed E-state index contributed by atoms with van der Waals surface area (Å²) in [7, 11) is 1.79. The topological polar surface area (TPSA) is 81.8 Å². The van der Waals surface area contributed by atoms with Crippen LogP contribution in [0.15, 0.2) is 72.0 Å². The van der Waals surface area contributed by atoms with Crippen LogP contribution in [0.2, 0.25) is 0 Å². The van der Waals surface area contributed by atoms with Crippen molar-refractivity contribution in [2.75, 3.05) is 0 Å².